The number of esters is 1. The van der Waals surface area contributed by atoms with Gasteiger partial charge >= 0.3 is 39.8 Å². The minimum absolute atomic E-state index is 0.0208. The summed E-state index contributed by atoms with van der Waals surface area (Å²) in [7, 11) is 0. The van der Waals surface area contributed by atoms with Crippen LogP contribution < -0.4 is 0 Å². The van der Waals surface area contributed by atoms with Crippen LogP contribution in [0.2, 0.25) is 0 Å². The third kappa shape index (κ3) is 13.8. The van der Waals surface area contributed by atoms with Gasteiger partial charge in [-0.05, 0) is 26.3 Å². The lowest BCUT2D eigenvalue weighted by molar-refractivity contribution is -0.431. The van der Waals surface area contributed by atoms with Crippen molar-refractivity contribution < 1.29 is 66.6 Å². The molecule has 0 bridgehead atoms. The summed E-state index contributed by atoms with van der Waals surface area (Å²) in [5, 5.41) is 7.62. The summed E-state index contributed by atoms with van der Waals surface area (Å²) in [5.74, 6) is -30.4. The van der Waals surface area contributed by atoms with Crippen molar-refractivity contribution in [3.63, 3.8) is 0 Å². The second-order valence-corrected chi connectivity index (χ2v) is 11.8. The highest BCUT2D eigenvalue weighted by Gasteiger charge is 2.90. The maximum atomic E-state index is 12.5. The zero-order valence-corrected chi connectivity index (χ0v) is 29.3. The molecule has 0 aliphatic rings. The highest BCUT2D eigenvalue weighted by Crippen LogP contribution is 2.61. The Bertz CT molecular complexity index is 911. The van der Waals surface area contributed by atoms with Crippen LogP contribution in [0, 0.1) is 18.3 Å². The highest BCUT2D eigenvalue weighted by molar-refractivity contribution is 14.1. The average molecular weight is 1070 g/mol. The van der Waals surface area contributed by atoms with Crippen molar-refractivity contribution in [3.8, 4) is 6.07 Å². The second-order valence-electron chi connectivity index (χ2n) is 7.07. The molecule has 20 heteroatoms. The molecule has 1 rings (SSSR count). The van der Waals surface area contributed by atoms with Crippen LogP contribution in [-0.2, 0) is 14.0 Å². The van der Waals surface area contributed by atoms with Crippen LogP contribution in [0.15, 0.2) is 24.3 Å². The lowest BCUT2D eigenvalue weighted by atomic mass is 9.98. The summed E-state index contributed by atoms with van der Waals surface area (Å²) in [5.41, 5.74) is 2.74. The number of rotatable bonds is 7. The van der Waals surface area contributed by atoms with E-state index in [1.165, 1.54) is 11.1 Å². The SMILES string of the molecule is CCOC(=O)C(C)I.Cc1ccc(CI)cc1.FC(F)(F)C(F)(F)C(F)(F)C(F)(F)C(F)(F)C(F)(F)I.N#CCI. The zero-order chi connectivity index (χ0) is 33.7. The third-order valence-electron chi connectivity index (χ3n) is 3.84. The van der Waals surface area contributed by atoms with Gasteiger partial charge in [0.2, 0.25) is 0 Å². The number of carbonyl (C=O) groups excluding carboxylic acids is 1. The number of hydrogen-bond acceptors (Lipinski definition) is 3. The largest absolute Gasteiger partial charge is 0.465 e. The van der Waals surface area contributed by atoms with Crippen LogP contribution in [0.25, 0.3) is 0 Å². The lowest BCUT2D eigenvalue weighted by Gasteiger charge is -2.38. The molecule has 0 aromatic heterocycles. The maximum absolute atomic E-state index is 12.5. The summed E-state index contributed by atoms with van der Waals surface area (Å²) in [4.78, 5) is 10.5. The molecule has 0 saturated heterocycles. The van der Waals surface area contributed by atoms with Crippen molar-refractivity contribution in [1.29, 1.82) is 5.26 Å². The van der Waals surface area contributed by atoms with Gasteiger partial charge in [-0.3, -0.25) is 4.79 Å². The molecule has 1 aromatic rings. The van der Waals surface area contributed by atoms with Crippen LogP contribution in [0.5, 0.6) is 0 Å². The summed E-state index contributed by atoms with van der Waals surface area (Å²) in [6.45, 7) is 6.19. The molecule has 240 valence electrons. The van der Waals surface area contributed by atoms with E-state index in [-0.39, 0.29) is 9.89 Å². The smallest absolute Gasteiger partial charge is 0.460 e. The number of halogens is 17. The van der Waals surface area contributed by atoms with Crippen LogP contribution >= 0.6 is 90.4 Å². The van der Waals surface area contributed by atoms with Crippen molar-refractivity contribution in [2.75, 3.05) is 11.0 Å². The van der Waals surface area contributed by atoms with Gasteiger partial charge in [-0.2, -0.15) is 62.3 Å². The predicted molar refractivity (Wildman–Crippen MR) is 158 cm³/mol. The molecule has 0 radical (unpaired) electrons. The van der Waals surface area contributed by atoms with E-state index in [2.05, 4.69) is 58.5 Å². The van der Waals surface area contributed by atoms with E-state index in [1.807, 2.05) is 51.3 Å². The molecule has 1 aromatic carbocycles. The molecule has 0 amide bonds. The molecule has 0 fully saturated rings. The standard InChI is InChI=1S/C8H9I.C6F13I.C5H9IO2.C2H2IN/c1-7-2-4-8(6-9)5-3-7;7-1(8,3(11,12)5(15,16)17)2(9,10)4(13,14)6(18,19)20;1-3-8-5(7)4(2)6;3-1-2-4/h2-5H,6H2,1H3;;4H,3H2,1-2H3;1H2. The van der Waals surface area contributed by atoms with Crippen LogP contribution in [0.1, 0.15) is 25.0 Å². The first-order valence-corrected chi connectivity index (χ1v) is 15.5. The molecule has 1 atom stereocenters. The summed E-state index contributed by atoms with van der Waals surface area (Å²) in [6, 6.07) is 10.5. The van der Waals surface area contributed by atoms with Gasteiger partial charge in [0.05, 0.1) is 17.1 Å². The van der Waals surface area contributed by atoms with E-state index in [9.17, 15) is 61.9 Å². The number of alkyl halides is 17. The van der Waals surface area contributed by atoms with Gasteiger partial charge in [-0.15, -0.1) is 0 Å². The Hall–Kier alpha value is 0.190. The Kier molecular flexibility index (Phi) is 21.0. The topological polar surface area (TPSA) is 50.1 Å². The predicted octanol–water partition coefficient (Wildman–Crippen LogP) is 10.4. The summed E-state index contributed by atoms with van der Waals surface area (Å²) in [6.07, 6.45) is -7.36. The van der Waals surface area contributed by atoms with Gasteiger partial charge < -0.3 is 4.74 Å². The zero-order valence-electron chi connectivity index (χ0n) is 20.7. The van der Waals surface area contributed by atoms with E-state index >= 15 is 0 Å². The quantitative estimate of drug-likeness (QED) is 0.118. The number of nitriles is 1. The first kappa shape index (κ1) is 45.6. The number of hydrogen-bond donors (Lipinski definition) is 0. The summed E-state index contributed by atoms with van der Waals surface area (Å²) < 4.78 is 158. The third-order valence-corrected chi connectivity index (χ3v) is 6.25. The van der Waals surface area contributed by atoms with Gasteiger partial charge in [0, 0.05) is 27.0 Å². The highest BCUT2D eigenvalue weighted by atomic mass is 127. The fraction of sp³-hybridized carbons (Fsp3) is 0.619. The molecule has 0 aliphatic carbocycles. The fourth-order valence-corrected chi connectivity index (χ4v) is 2.71. The molecule has 0 spiro atoms. The maximum Gasteiger partial charge on any atom is 0.460 e. The number of aryl methyl sites for hydroxylation is 1. The number of carbonyl (C=O) groups is 1. The molecule has 3 nitrogen and oxygen atoms in total. The molecule has 0 aliphatic heterocycles. The normalized spacial score (nSPS) is 13.1. The Balaban J connectivity index is -0.000000562. The molecule has 1 unspecified atom stereocenters. The molecular formula is C21H20F13I4NO2. The average Bonchev–Trinajstić information content (AvgIpc) is 2.83. The Morgan fingerprint density at radius 2 is 1.22 bits per heavy atom. The van der Waals surface area contributed by atoms with E-state index in [1.54, 1.807) is 13.8 Å². The van der Waals surface area contributed by atoms with Gasteiger partial charge in [0.25, 0.3) is 0 Å². The van der Waals surface area contributed by atoms with Crippen LogP contribution in [0.3, 0.4) is 0 Å². The van der Waals surface area contributed by atoms with Crippen molar-refractivity contribution in [2.24, 2.45) is 0 Å². The number of ether oxygens (including phenoxy) is 1. The van der Waals surface area contributed by atoms with Crippen LogP contribution in [-0.4, -0.2) is 54.7 Å². The van der Waals surface area contributed by atoms with Gasteiger partial charge in [0.1, 0.15) is 3.92 Å². The van der Waals surface area contributed by atoms with Gasteiger partial charge in [-0.1, -0.05) is 97.6 Å². The summed E-state index contributed by atoms with van der Waals surface area (Å²) >= 11 is 5.58. The van der Waals surface area contributed by atoms with E-state index in [4.69, 9.17) is 5.26 Å². The van der Waals surface area contributed by atoms with Crippen molar-refractivity contribution >= 4 is 96.3 Å². The van der Waals surface area contributed by atoms with Crippen LogP contribution in [0.4, 0.5) is 57.1 Å². The Morgan fingerprint density at radius 3 is 1.44 bits per heavy atom. The Morgan fingerprint density at radius 1 is 0.854 bits per heavy atom. The molecule has 41 heavy (non-hydrogen) atoms. The number of benzene rings is 1. The monoisotopic (exact) mass is 1070 g/mol. The number of nitrogens with zero attached hydrogens (tertiary/aromatic N) is 1. The molecule has 0 heterocycles. The lowest BCUT2D eigenvalue weighted by Crippen LogP contribution is -2.69. The van der Waals surface area contributed by atoms with Gasteiger partial charge in [-0.25, -0.2) is 0 Å². The molecular weight excluding hydrogens is 1050 g/mol. The van der Waals surface area contributed by atoms with Gasteiger partial charge in [0.15, 0.2) is 0 Å². The first-order chi connectivity index (χ1) is 18.2. The minimum atomic E-state index is -7.81. The first-order valence-electron chi connectivity index (χ1n) is 10.2. The van der Waals surface area contributed by atoms with E-state index < -0.39 is 56.4 Å². The fourth-order valence-electron chi connectivity index (χ4n) is 1.68. The molecule has 0 N–H and O–H groups in total. The second kappa shape index (κ2) is 18.9. The van der Waals surface area contributed by atoms with Crippen molar-refractivity contribution in [3.05, 3.63) is 35.4 Å². The van der Waals surface area contributed by atoms with E-state index in [0.717, 1.165) is 4.43 Å². The van der Waals surface area contributed by atoms with Crippen molar-refractivity contribution in [2.45, 2.75) is 62.9 Å². The van der Waals surface area contributed by atoms with Crippen molar-refractivity contribution in [1.82, 2.24) is 0 Å². The minimum Gasteiger partial charge on any atom is -0.465 e. The van der Waals surface area contributed by atoms with E-state index in [0.29, 0.717) is 11.0 Å². The Labute approximate surface area is 281 Å². The molecule has 0 saturated carbocycles.